The van der Waals surface area contributed by atoms with Crippen LogP contribution in [0.1, 0.15) is 24.5 Å². The van der Waals surface area contributed by atoms with Crippen LogP contribution in [-0.2, 0) is 19.1 Å². The summed E-state index contributed by atoms with van der Waals surface area (Å²) >= 11 is 0. The Morgan fingerprint density at radius 1 is 1.18 bits per heavy atom. The van der Waals surface area contributed by atoms with Crippen molar-refractivity contribution < 1.29 is 28.6 Å². The molecule has 2 aromatic rings. The lowest BCUT2D eigenvalue weighted by Gasteiger charge is -2.16. The van der Waals surface area contributed by atoms with Gasteiger partial charge in [0.05, 0.1) is 39.0 Å². The van der Waals surface area contributed by atoms with Crippen LogP contribution in [0, 0.1) is 5.82 Å². The van der Waals surface area contributed by atoms with Crippen molar-refractivity contribution in [2.75, 3.05) is 25.7 Å². The number of ether oxygens (including phenoxy) is 2. The van der Waals surface area contributed by atoms with Gasteiger partial charge >= 0.3 is 5.97 Å². The molecule has 1 heterocycles. The predicted octanol–water partition coefficient (Wildman–Crippen LogP) is 4.03. The average molecular weight is 465 g/mol. The van der Waals surface area contributed by atoms with Crippen LogP contribution >= 0.6 is 0 Å². The molecule has 0 fully saturated rings. The van der Waals surface area contributed by atoms with E-state index >= 15 is 0 Å². The summed E-state index contributed by atoms with van der Waals surface area (Å²) in [4.78, 5) is 26.5. The fourth-order valence-corrected chi connectivity index (χ4v) is 3.44. The Bertz CT molecular complexity index is 1200. The third kappa shape index (κ3) is 5.20. The molecule has 0 saturated carbocycles. The maximum Gasteiger partial charge on any atom is 0.341 e. The first-order chi connectivity index (χ1) is 16.4. The standard InChI is InChI=1S/C25H24FN3O5/c1-4-21(23-22(30)14-29(24(23)31)18-11-9-17(26)10-12-18)28-27-13-16-7-5-6-8-19(16)20(15-33-2)25(32)34-3/h5-13,15,30H,4,14H2,1-3H3/b20-15+,27-13+,28-21?. The normalized spacial score (nSPS) is 14.8. The number of amides is 1. The van der Waals surface area contributed by atoms with Gasteiger partial charge < -0.3 is 19.5 Å². The lowest BCUT2D eigenvalue weighted by Crippen LogP contribution is -2.28. The summed E-state index contributed by atoms with van der Waals surface area (Å²) in [5, 5.41) is 18.7. The second-order valence-electron chi connectivity index (χ2n) is 7.18. The van der Waals surface area contributed by atoms with Gasteiger partial charge in [-0.15, -0.1) is 0 Å². The molecule has 9 heteroatoms. The highest BCUT2D eigenvalue weighted by atomic mass is 19.1. The molecule has 34 heavy (non-hydrogen) atoms. The first kappa shape index (κ1) is 24.4. The van der Waals surface area contributed by atoms with Gasteiger partial charge in [-0.3, -0.25) is 4.79 Å². The highest BCUT2D eigenvalue weighted by Gasteiger charge is 2.34. The van der Waals surface area contributed by atoms with E-state index in [0.29, 0.717) is 28.9 Å². The van der Waals surface area contributed by atoms with Crippen molar-refractivity contribution in [3.63, 3.8) is 0 Å². The van der Waals surface area contributed by atoms with Gasteiger partial charge in [-0.25, -0.2) is 9.18 Å². The molecule has 0 saturated heterocycles. The molecular formula is C25H24FN3O5. The highest BCUT2D eigenvalue weighted by molar-refractivity contribution is 6.28. The van der Waals surface area contributed by atoms with E-state index in [9.17, 15) is 19.1 Å². The van der Waals surface area contributed by atoms with E-state index in [4.69, 9.17) is 9.47 Å². The number of nitrogens with zero attached hydrogens (tertiary/aromatic N) is 3. The Balaban J connectivity index is 1.89. The monoisotopic (exact) mass is 465 g/mol. The van der Waals surface area contributed by atoms with Gasteiger partial charge in [0.15, 0.2) is 0 Å². The number of carbonyl (C=O) groups is 2. The minimum Gasteiger partial charge on any atom is -0.509 e. The van der Waals surface area contributed by atoms with E-state index in [1.807, 2.05) is 0 Å². The van der Waals surface area contributed by atoms with E-state index in [2.05, 4.69) is 10.2 Å². The molecule has 1 N–H and O–H groups in total. The van der Waals surface area contributed by atoms with Gasteiger partial charge in [0, 0.05) is 16.8 Å². The Kier molecular flexibility index (Phi) is 7.92. The van der Waals surface area contributed by atoms with Crippen LogP contribution in [0.15, 0.2) is 76.3 Å². The molecule has 0 unspecified atom stereocenters. The van der Waals surface area contributed by atoms with Gasteiger partial charge in [0.1, 0.15) is 22.7 Å². The molecule has 0 spiro atoms. The second-order valence-corrected chi connectivity index (χ2v) is 7.18. The first-order valence-electron chi connectivity index (χ1n) is 10.4. The van der Waals surface area contributed by atoms with Gasteiger partial charge in [-0.2, -0.15) is 10.2 Å². The lowest BCUT2D eigenvalue weighted by atomic mass is 10.0. The minimum atomic E-state index is -0.576. The number of halogens is 1. The molecule has 1 aliphatic rings. The molecule has 176 valence electrons. The number of aliphatic hydroxyl groups excluding tert-OH is 1. The number of anilines is 1. The summed E-state index contributed by atoms with van der Waals surface area (Å²) in [6, 6.07) is 12.4. The maximum atomic E-state index is 13.2. The van der Waals surface area contributed by atoms with Crippen molar-refractivity contribution in [1.29, 1.82) is 0 Å². The Morgan fingerprint density at radius 3 is 2.53 bits per heavy atom. The number of benzene rings is 2. The number of methoxy groups -OCH3 is 2. The van der Waals surface area contributed by atoms with E-state index < -0.39 is 17.7 Å². The fraction of sp³-hybridized carbons (Fsp3) is 0.200. The molecule has 1 amide bonds. The van der Waals surface area contributed by atoms with Crippen molar-refractivity contribution in [3.05, 3.63) is 83.1 Å². The van der Waals surface area contributed by atoms with Crippen LogP contribution in [0.3, 0.4) is 0 Å². The molecular weight excluding hydrogens is 441 g/mol. The molecule has 0 atom stereocenters. The third-order valence-electron chi connectivity index (χ3n) is 5.08. The molecule has 0 aromatic heterocycles. The zero-order valence-electron chi connectivity index (χ0n) is 19.0. The second kappa shape index (κ2) is 11.0. The smallest absolute Gasteiger partial charge is 0.341 e. The van der Waals surface area contributed by atoms with Crippen LogP contribution in [0.5, 0.6) is 0 Å². The SMILES string of the molecule is CCC(=N/N=C/c1ccccc1/C(=C\OC)C(=O)OC)C1=C(O)CN(c2ccc(F)cc2)C1=O. The van der Waals surface area contributed by atoms with Gasteiger partial charge in [-0.05, 0) is 30.7 Å². The molecule has 8 nitrogen and oxygen atoms in total. The van der Waals surface area contributed by atoms with Crippen molar-refractivity contribution in [1.82, 2.24) is 0 Å². The highest BCUT2D eigenvalue weighted by Crippen LogP contribution is 2.26. The quantitative estimate of drug-likeness (QED) is 0.209. The summed E-state index contributed by atoms with van der Waals surface area (Å²) in [5.74, 6) is -1.58. The van der Waals surface area contributed by atoms with Crippen molar-refractivity contribution in [3.8, 4) is 0 Å². The summed E-state index contributed by atoms with van der Waals surface area (Å²) in [5.41, 5.74) is 2.11. The van der Waals surface area contributed by atoms with Gasteiger partial charge in [-0.1, -0.05) is 31.2 Å². The molecule has 2 aromatic carbocycles. The van der Waals surface area contributed by atoms with Crippen molar-refractivity contribution in [2.45, 2.75) is 13.3 Å². The first-order valence-corrected chi connectivity index (χ1v) is 10.4. The fourth-order valence-electron chi connectivity index (χ4n) is 3.44. The zero-order chi connectivity index (χ0) is 24.7. The third-order valence-corrected chi connectivity index (χ3v) is 5.08. The zero-order valence-corrected chi connectivity index (χ0v) is 19.0. The number of hydrogen-bond donors (Lipinski definition) is 1. The topological polar surface area (TPSA) is 101 Å². The number of aliphatic hydroxyl groups is 1. The van der Waals surface area contributed by atoms with Crippen LogP contribution in [-0.4, -0.2) is 49.7 Å². The van der Waals surface area contributed by atoms with Crippen LogP contribution in [0.25, 0.3) is 5.57 Å². The van der Waals surface area contributed by atoms with Crippen LogP contribution < -0.4 is 4.90 Å². The van der Waals surface area contributed by atoms with E-state index in [0.717, 1.165) is 0 Å². The lowest BCUT2D eigenvalue weighted by molar-refractivity contribution is -0.133. The maximum absolute atomic E-state index is 13.2. The molecule has 1 aliphatic heterocycles. The van der Waals surface area contributed by atoms with E-state index in [-0.39, 0.29) is 23.5 Å². The Morgan fingerprint density at radius 2 is 1.88 bits per heavy atom. The molecule has 3 rings (SSSR count). The Labute approximate surface area is 196 Å². The molecule has 0 bridgehead atoms. The summed E-state index contributed by atoms with van der Waals surface area (Å²) in [6.07, 6.45) is 3.05. The van der Waals surface area contributed by atoms with Gasteiger partial charge in [0.2, 0.25) is 0 Å². The van der Waals surface area contributed by atoms with Crippen LogP contribution in [0.2, 0.25) is 0 Å². The van der Waals surface area contributed by atoms with Gasteiger partial charge in [0.25, 0.3) is 5.91 Å². The Hall–Kier alpha value is -4.27. The number of esters is 1. The largest absolute Gasteiger partial charge is 0.509 e. The van der Waals surface area contributed by atoms with E-state index in [1.54, 1.807) is 31.2 Å². The van der Waals surface area contributed by atoms with Crippen molar-refractivity contribution in [2.24, 2.45) is 10.2 Å². The number of hydrogen-bond acceptors (Lipinski definition) is 7. The average Bonchev–Trinajstić information content (AvgIpc) is 3.14. The van der Waals surface area contributed by atoms with E-state index in [1.165, 1.54) is 55.9 Å². The minimum absolute atomic E-state index is 0.0460. The predicted molar refractivity (Wildman–Crippen MR) is 127 cm³/mol. The van der Waals surface area contributed by atoms with Crippen LogP contribution in [0.4, 0.5) is 10.1 Å². The summed E-state index contributed by atoms with van der Waals surface area (Å²) in [6.45, 7) is 1.74. The molecule has 0 radical (unpaired) electrons. The number of rotatable bonds is 8. The van der Waals surface area contributed by atoms with Crippen molar-refractivity contribution >= 4 is 35.1 Å². The number of carbonyl (C=O) groups excluding carboxylic acids is 2. The molecule has 0 aliphatic carbocycles. The summed E-state index contributed by atoms with van der Waals surface area (Å²) < 4.78 is 23.1. The summed E-state index contributed by atoms with van der Waals surface area (Å²) in [7, 11) is 2.69.